The summed E-state index contributed by atoms with van der Waals surface area (Å²) in [5.41, 5.74) is 1.06. The Morgan fingerprint density at radius 1 is 1.19 bits per heavy atom. The Morgan fingerprint density at radius 3 is 2.63 bits per heavy atom. The highest BCUT2D eigenvalue weighted by Crippen LogP contribution is 2.12. The van der Waals surface area contributed by atoms with Gasteiger partial charge in [0.05, 0.1) is 6.26 Å². The summed E-state index contributed by atoms with van der Waals surface area (Å²) in [4.78, 5) is 21.1. The van der Waals surface area contributed by atoms with Crippen molar-refractivity contribution in [2.75, 3.05) is 39.3 Å². The van der Waals surface area contributed by atoms with Gasteiger partial charge in [-0.15, -0.1) is 0 Å². The van der Waals surface area contributed by atoms with Crippen LogP contribution < -0.4 is 5.32 Å². The lowest BCUT2D eigenvalue weighted by molar-refractivity contribution is 0.0657. The number of phenolic OH excluding ortho intramolecular Hbond substituents is 1. The van der Waals surface area contributed by atoms with E-state index < -0.39 is 0 Å². The van der Waals surface area contributed by atoms with Gasteiger partial charge >= 0.3 is 0 Å². The number of carbonyl (C=O) groups excluding carboxylic acids is 1. The highest BCUT2D eigenvalue weighted by molar-refractivity contribution is 5.91. The number of aliphatic imine (C=N–C) groups is 1. The molecule has 1 aromatic carbocycles. The molecule has 2 aromatic rings. The predicted molar refractivity (Wildman–Crippen MR) is 104 cm³/mol. The molecule has 7 heteroatoms. The third kappa shape index (κ3) is 5.03. The Hall–Kier alpha value is -2.96. The third-order valence-corrected chi connectivity index (χ3v) is 4.51. The number of phenols is 1. The van der Waals surface area contributed by atoms with Crippen LogP contribution in [-0.4, -0.2) is 66.0 Å². The van der Waals surface area contributed by atoms with Crippen LogP contribution >= 0.6 is 0 Å². The number of hydrogen-bond acceptors (Lipinski definition) is 4. The zero-order chi connectivity index (χ0) is 19.1. The minimum Gasteiger partial charge on any atom is -0.508 e. The molecule has 2 N–H and O–H groups in total. The largest absolute Gasteiger partial charge is 0.508 e. The number of furan rings is 1. The van der Waals surface area contributed by atoms with Gasteiger partial charge in [-0.05, 0) is 43.2 Å². The van der Waals surface area contributed by atoms with Crippen LogP contribution in [0.4, 0.5) is 0 Å². The SMILES string of the molecule is CCNC(=NCCc1cccc(O)c1)N1CCN(C(=O)c2ccco2)CC1. The molecule has 1 fully saturated rings. The summed E-state index contributed by atoms with van der Waals surface area (Å²) in [6.07, 6.45) is 2.28. The molecule has 0 bridgehead atoms. The second-order valence-electron chi connectivity index (χ2n) is 6.41. The fourth-order valence-electron chi connectivity index (χ4n) is 3.11. The van der Waals surface area contributed by atoms with Gasteiger partial charge in [-0.25, -0.2) is 0 Å². The first-order valence-corrected chi connectivity index (χ1v) is 9.31. The summed E-state index contributed by atoms with van der Waals surface area (Å²) >= 11 is 0. The minimum absolute atomic E-state index is 0.0644. The zero-order valence-electron chi connectivity index (χ0n) is 15.6. The maximum Gasteiger partial charge on any atom is 0.289 e. The summed E-state index contributed by atoms with van der Waals surface area (Å²) in [5.74, 6) is 1.46. The van der Waals surface area contributed by atoms with Crippen LogP contribution in [0.5, 0.6) is 5.75 Å². The lowest BCUT2D eigenvalue weighted by atomic mass is 10.1. The Morgan fingerprint density at radius 2 is 1.96 bits per heavy atom. The lowest BCUT2D eigenvalue weighted by Crippen LogP contribution is -2.53. The van der Waals surface area contributed by atoms with E-state index in [1.165, 1.54) is 6.26 Å². The Balaban J connectivity index is 1.55. The van der Waals surface area contributed by atoms with Gasteiger partial charge in [0.25, 0.3) is 5.91 Å². The number of aromatic hydroxyl groups is 1. The van der Waals surface area contributed by atoms with E-state index in [-0.39, 0.29) is 11.7 Å². The second-order valence-corrected chi connectivity index (χ2v) is 6.41. The number of amides is 1. The van der Waals surface area contributed by atoms with Crippen LogP contribution in [0, 0.1) is 0 Å². The summed E-state index contributed by atoms with van der Waals surface area (Å²) in [5, 5.41) is 12.9. The fraction of sp³-hybridized carbons (Fsp3) is 0.400. The first kappa shape index (κ1) is 18.8. The van der Waals surface area contributed by atoms with E-state index >= 15 is 0 Å². The molecule has 0 saturated carbocycles. The number of piperazine rings is 1. The normalized spacial score (nSPS) is 15.1. The summed E-state index contributed by atoms with van der Waals surface area (Å²) in [7, 11) is 0. The molecule has 1 saturated heterocycles. The van der Waals surface area contributed by atoms with E-state index in [1.807, 2.05) is 24.0 Å². The number of nitrogens with zero attached hydrogens (tertiary/aromatic N) is 3. The van der Waals surface area contributed by atoms with Crippen LogP contribution in [0.2, 0.25) is 0 Å². The van der Waals surface area contributed by atoms with Crippen molar-refractivity contribution in [1.82, 2.24) is 15.1 Å². The number of hydrogen-bond donors (Lipinski definition) is 2. The predicted octanol–water partition coefficient (Wildman–Crippen LogP) is 1.95. The maximum absolute atomic E-state index is 12.4. The maximum atomic E-state index is 12.4. The first-order chi connectivity index (χ1) is 13.2. The molecule has 3 rings (SSSR count). The molecule has 0 aliphatic carbocycles. The van der Waals surface area contributed by atoms with E-state index in [2.05, 4.69) is 10.2 Å². The van der Waals surface area contributed by atoms with Crippen molar-refractivity contribution in [2.45, 2.75) is 13.3 Å². The van der Waals surface area contributed by atoms with Crippen LogP contribution in [0.3, 0.4) is 0 Å². The van der Waals surface area contributed by atoms with Crippen LogP contribution in [0.15, 0.2) is 52.1 Å². The molecule has 27 heavy (non-hydrogen) atoms. The van der Waals surface area contributed by atoms with Crippen LogP contribution in [0.25, 0.3) is 0 Å². The lowest BCUT2D eigenvalue weighted by Gasteiger charge is -2.36. The van der Waals surface area contributed by atoms with Gasteiger partial charge in [0.15, 0.2) is 11.7 Å². The average Bonchev–Trinajstić information content (AvgIpc) is 3.22. The van der Waals surface area contributed by atoms with Gasteiger partial charge in [0, 0.05) is 39.3 Å². The molecular weight excluding hydrogens is 344 g/mol. The summed E-state index contributed by atoms with van der Waals surface area (Å²) < 4.78 is 5.21. The standard InChI is InChI=1S/C20H26N4O3/c1-2-21-20(22-9-8-16-5-3-6-17(25)15-16)24-12-10-23(11-13-24)19(26)18-7-4-14-27-18/h3-7,14-15,25H,2,8-13H2,1H3,(H,21,22). The van der Waals surface area contributed by atoms with E-state index in [9.17, 15) is 9.90 Å². The fourth-order valence-corrected chi connectivity index (χ4v) is 3.11. The van der Waals surface area contributed by atoms with E-state index in [4.69, 9.17) is 9.41 Å². The van der Waals surface area contributed by atoms with Crippen molar-refractivity contribution in [3.8, 4) is 5.75 Å². The third-order valence-electron chi connectivity index (χ3n) is 4.51. The molecule has 1 aliphatic heterocycles. The molecule has 144 valence electrons. The molecule has 0 spiro atoms. The highest BCUT2D eigenvalue weighted by Gasteiger charge is 2.25. The van der Waals surface area contributed by atoms with Gasteiger partial charge in [0.2, 0.25) is 0 Å². The number of carbonyl (C=O) groups is 1. The molecule has 1 amide bonds. The number of nitrogens with one attached hydrogen (secondary N) is 1. The summed E-state index contributed by atoms with van der Waals surface area (Å²) in [6, 6.07) is 10.7. The van der Waals surface area contributed by atoms with E-state index in [1.54, 1.807) is 24.3 Å². The Bertz CT molecular complexity index is 765. The molecule has 1 aromatic heterocycles. The minimum atomic E-state index is -0.0644. The smallest absolute Gasteiger partial charge is 0.289 e. The first-order valence-electron chi connectivity index (χ1n) is 9.31. The second kappa shape index (κ2) is 9.12. The monoisotopic (exact) mass is 370 g/mol. The van der Waals surface area contributed by atoms with Gasteiger partial charge < -0.3 is 24.6 Å². The van der Waals surface area contributed by atoms with Crippen LogP contribution in [-0.2, 0) is 6.42 Å². The molecule has 0 atom stereocenters. The topological polar surface area (TPSA) is 81.3 Å². The van der Waals surface area contributed by atoms with Crippen molar-refractivity contribution >= 4 is 11.9 Å². The van der Waals surface area contributed by atoms with Crippen molar-refractivity contribution in [3.63, 3.8) is 0 Å². The van der Waals surface area contributed by atoms with Gasteiger partial charge in [-0.3, -0.25) is 9.79 Å². The van der Waals surface area contributed by atoms with Gasteiger partial charge in [-0.2, -0.15) is 0 Å². The van der Waals surface area contributed by atoms with Crippen molar-refractivity contribution in [2.24, 2.45) is 4.99 Å². The number of guanidine groups is 1. The zero-order valence-corrected chi connectivity index (χ0v) is 15.6. The Labute approximate surface area is 159 Å². The van der Waals surface area contributed by atoms with E-state index in [0.29, 0.717) is 25.4 Å². The molecule has 2 heterocycles. The number of rotatable bonds is 5. The van der Waals surface area contributed by atoms with Gasteiger partial charge in [-0.1, -0.05) is 12.1 Å². The molecule has 1 aliphatic rings. The summed E-state index contributed by atoms with van der Waals surface area (Å²) in [6.45, 7) is 6.19. The van der Waals surface area contributed by atoms with Crippen molar-refractivity contribution in [1.29, 1.82) is 0 Å². The van der Waals surface area contributed by atoms with Crippen LogP contribution in [0.1, 0.15) is 23.0 Å². The number of benzene rings is 1. The van der Waals surface area contributed by atoms with E-state index in [0.717, 1.165) is 37.6 Å². The average molecular weight is 370 g/mol. The van der Waals surface area contributed by atoms with Gasteiger partial charge in [0.1, 0.15) is 5.75 Å². The van der Waals surface area contributed by atoms with Crippen molar-refractivity contribution < 1.29 is 14.3 Å². The molecule has 0 unspecified atom stereocenters. The highest BCUT2D eigenvalue weighted by atomic mass is 16.3. The molecule has 0 radical (unpaired) electrons. The Kier molecular flexibility index (Phi) is 6.35. The van der Waals surface area contributed by atoms with Crippen molar-refractivity contribution in [3.05, 3.63) is 54.0 Å². The molecular formula is C20H26N4O3. The molecule has 7 nitrogen and oxygen atoms in total. The quantitative estimate of drug-likeness (QED) is 0.621.